The van der Waals surface area contributed by atoms with Gasteiger partial charge in [-0.1, -0.05) is 200 Å². The number of anilines is 3. The van der Waals surface area contributed by atoms with Crippen LogP contribution in [0.2, 0.25) is 0 Å². The van der Waals surface area contributed by atoms with E-state index in [-0.39, 0.29) is 11.8 Å². The molecule has 0 aliphatic heterocycles. The number of nitrogens with zero attached hydrogens (tertiary/aromatic N) is 1. The van der Waals surface area contributed by atoms with Gasteiger partial charge in [0.15, 0.2) is 0 Å². The largest absolute Gasteiger partial charge is 0.455 e. The Morgan fingerprint density at radius 2 is 0.905 bits per heavy atom. The first-order valence-electron chi connectivity index (χ1n) is 22.0. The van der Waals surface area contributed by atoms with Crippen LogP contribution in [0.1, 0.15) is 45.2 Å². The van der Waals surface area contributed by atoms with Gasteiger partial charge in [-0.15, -0.1) is 0 Å². The van der Waals surface area contributed by atoms with Crippen LogP contribution in [0.3, 0.4) is 0 Å². The van der Waals surface area contributed by atoms with E-state index in [0.29, 0.717) is 0 Å². The number of hydrogen-bond acceptors (Lipinski definition) is 2. The van der Waals surface area contributed by atoms with Crippen LogP contribution in [0, 0.1) is 0 Å². The molecule has 1 aromatic heterocycles. The van der Waals surface area contributed by atoms with Gasteiger partial charge in [0, 0.05) is 45.1 Å². The smallest absolute Gasteiger partial charge is 0.143 e. The molecule has 0 saturated heterocycles. The summed E-state index contributed by atoms with van der Waals surface area (Å²) in [6.45, 7) is 0. The Bertz CT molecular complexity index is 3400. The lowest BCUT2D eigenvalue weighted by Crippen LogP contribution is -2.30. The van der Waals surface area contributed by atoms with Crippen LogP contribution in [0.25, 0.3) is 55.3 Å². The average Bonchev–Trinajstić information content (AvgIpc) is 3.86. The van der Waals surface area contributed by atoms with Crippen molar-refractivity contribution in [3.8, 4) is 33.4 Å². The minimum absolute atomic E-state index is 0.231. The van der Waals surface area contributed by atoms with Gasteiger partial charge < -0.3 is 9.32 Å². The molecule has 3 aliphatic rings. The van der Waals surface area contributed by atoms with E-state index in [1.165, 1.54) is 55.6 Å². The second-order valence-corrected chi connectivity index (χ2v) is 17.1. The number of rotatable bonds is 5. The van der Waals surface area contributed by atoms with Gasteiger partial charge in [0.1, 0.15) is 11.2 Å². The van der Waals surface area contributed by atoms with E-state index in [9.17, 15) is 0 Å². The summed E-state index contributed by atoms with van der Waals surface area (Å²) in [7, 11) is 0. The summed E-state index contributed by atoms with van der Waals surface area (Å²) in [6.07, 6.45) is 9.29. The van der Waals surface area contributed by atoms with Crippen molar-refractivity contribution >= 4 is 39.0 Å². The summed E-state index contributed by atoms with van der Waals surface area (Å²) in [4.78, 5) is 2.47. The van der Waals surface area contributed by atoms with Gasteiger partial charge in [-0.3, -0.25) is 0 Å². The first-order valence-corrected chi connectivity index (χ1v) is 22.0. The molecule has 0 fully saturated rings. The van der Waals surface area contributed by atoms with Gasteiger partial charge >= 0.3 is 0 Å². The zero-order chi connectivity index (χ0) is 41.5. The molecule has 0 N–H and O–H groups in total. The highest BCUT2D eigenvalue weighted by atomic mass is 16.3. The van der Waals surface area contributed by atoms with Crippen molar-refractivity contribution in [2.45, 2.75) is 17.3 Å². The zero-order valence-corrected chi connectivity index (χ0v) is 34.5. The molecule has 2 heteroatoms. The zero-order valence-electron chi connectivity index (χ0n) is 34.5. The molecule has 296 valence electrons. The molecule has 2 unspecified atom stereocenters. The van der Waals surface area contributed by atoms with E-state index >= 15 is 0 Å². The highest BCUT2D eigenvalue weighted by Gasteiger charge is 2.52. The van der Waals surface area contributed by atoms with Gasteiger partial charge in [0.2, 0.25) is 0 Å². The quantitative estimate of drug-likeness (QED) is 0.172. The van der Waals surface area contributed by atoms with Crippen molar-refractivity contribution in [3.05, 3.63) is 270 Å². The lowest BCUT2D eigenvalue weighted by atomic mass is 9.66. The van der Waals surface area contributed by atoms with Crippen LogP contribution >= 0.6 is 0 Å². The molecule has 0 bridgehead atoms. The van der Waals surface area contributed by atoms with E-state index in [1.54, 1.807) is 0 Å². The average molecular weight is 804 g/mol. The van der Waals surface area contributed by atoms with Crippen LogP contribution in [-0.4, -0.2) is 0 Å². The van der Waals surface area contributed by atoms with E-state index in [0.717, 1.165) is 50.1 Å². The van der Waals surface area contributed by atoms with Gasteiger partial charge in [-0.25, -0.2) is 0 Å². The van der Waals surface area contributed by atoms with E-state index in [1.807, 2.05) is 6.07 Å². The third-order valence-electron chi connectivity index (χ3n) is 13.9. The minimum Gasteiger partial charge on any atom is -0.455 e. The highest BCUT2D eigenvalue weighted by molar-refractivity contribution is 6.09. The third-order valence-corrected chi connectivity index (χ3v) is 13.9. The molecule has 13 rings (SSSR count). The molecule has 9 aromatic carbocycles. The van der Waals surface area contributed by atoms with Gasteiger partial charge in [-0.2, -0.15) is 0 Å². The molecule has 63 heavy (non-hydrogen) atoms. The van der Waals surface area contributed by atoms with Crippen LogP contribution in [0.4, 0.5) is 17.1 Å². The normalized spacial score (nSPS) is 17.8. The van der Waals surface area contributed by atoms with Gasteiger partial charge in [-0.05, 0) is 92.0 Å². The lowest BCUT2D eigenvalue weighted by Gasteiger charge is -2.36. The fourth-order valence-corrected chi connectivity index (χ4v) is 11.3. The molecule has 0 amide bonds. The SMILES string of the molecule is C1=CC2c3ccccc3C3(c4ccccc4-c4c(N(c5ccc(-c6ccccc6)cc5)c5ccc(-c6cccc7c6oc6ccccc67)cc5)cccc43)c3ccccc3C2C=C1. The Hall–Kier alpha value is -7.94. The monoisotopic (exact) mass is 803 g/mol. The molecule has 0 radical (unpaired) electrons. The van der Waals surface area contributed by atoms with E-state index in [4.69, 9.17) is 4.42 Å². The summed E-state index contributed by atoms with van der Waals surface area (Å²) in [5, 5.41) is 2.27. The molecule has 2 nitrogen and oxygen atoms in total. The number of benzene rings is 9. The Morgan fingerprint density at radius 3 is 1.62 bits per heavy atom. The second kappa shape index (κ2) is 14.1. The Kier molecular flexibility index (Phi) is 7.98. The van der Waals surface area contributed by atoms with Crippen LogP contribution in [-0.2, 0) is 5.41 Å². The first-order chi connectivity index (χ1) is 31.3. The lowest BCUT2D eigenvalue weighted by molar-refractivity contribution is 0.670. The van der Waals surface area contributed by atoms with Gasteiger partial charge in [0.05, 0.1) is 11.1 Å². The number of allylic oxidation sites excluding steroid dienone is 4. The summed E-state index contributed by atoms with van der Waals surface area (Å²) in [5.74, 6) is 0.462. The topological polar surface area (TPSA) is 16.4 Å². The Labute approximate surface area is 367 Å². The van der Waals surface area contributed by atoms with E-state index in [2.05, 4.69) is 235 Å². The highest BCUT2D eigenvalue weighted by Crippen LogP contribution is 2.63. The summed E-state index contributed by atoms with van der Waals surface area (Å²) in [5.41, 5.74) is 19.8. The van der Waals surface area contributed by atoms with Crippen molar-refractivity contribution in [1.29, 1.82) is 0 Å². The number of fused-ring (bicyclic) bond motifs is 15. The van der Waals surface area contributed by atoms with Crippen LogP contribution in [0.15, 0.2) is 241 Å². The number of furan rings is 1. The van der Waals surface area contributed by atoms with Crippen molar-refractivity contribution in [1.82, 2.24) is 0 Å². The number of para-hydroxylation sites is 2. The molecule has 3 aliphatic carbocycles. The van der Waals surface area contributed by atoms with Crippen LogP contribution < -0.4 is 4.90 Å². The first kappa shape index (κ1) is 35.8. The molecule has 2 atom stereocenters. The second-order valence-electron chi connectivity index (χ2n) is 17.1. The molecule has 10 aromatic rings. The molecule has 1 spiro atoms. The van der Waals surface area contributed by atoms with Crippen molar-refractivity contribution in [2.24, 2.45) is 0 Å². The number of hydrogen-bond donors (Lipinski definition) is 0. The predicted octanol–water partition coefficient (Wildman–Crippen LogP) is 16.1. The third kappa shape index (κ3) is 5.25. The van der Waals surface area contributed by atoms with E-state index < -0.39 is 5.41 Å². The summed E-state index contributed by atoms with van der Waals surface area (Å²) < 4.78 is 6.51. The van der Waals surface area contributed by atoms with Crippen molar-refractivity contribution in [3.63, 3.8) is 0 Å². The maximum Gasteiger partial charge on any atom is 0.143 e. The Balaban J connectivity index is 1.05. The fourth-order valence-electron chi connectivity index (χ4n) is 11.3. The molecule has 0 saturated carbocycles. The van der Waals surface area contributed by atoms with Crippen LogP contribution in [0.5, 0.6) is 0 Å². The van der Waals surface area contributed by atoms with Crippen molar-refractivity contribution < 1.29 is 4.42 Å². The predicted molar refractivity (Wildman–Crippen MR) is 260 cm³/mol. The minimum atomic E-state index is -0.536. The Morgan fingerprint density at radius 1 is 0.381 bits per heavy atom. The molecular formula is C61H41NO. The summed E-state index contributed by atoms with van der Waals surface area (Å²) in [6, 6.07) is 78.2. The maximum absolute atomic E-state index is 6.51. The fraction of sp³-hybridized carbons (Fsp3) is 0.0492. The molecule has 1 heterocycles. The van der Waals surface area contributed by atoms with Crippen molar-refractivity contribution in [2.75, 3.05) is 4.90 Å². The maximum atomic E-state index is 6.51. The standard InChI is InChI=1S/C61H41NO/c1-2-16-40(17-3-1)41-32-36-43(37-33-41)62(44-38-34-42(35-39-44)45-24-14-25-51-50-22-9-13-31-58(50)63-60(45)51)57-30-15-29-56-59(57)52-23-8-12-28-55(52)61(56)53-26-10-6-20-48(53)46-18-4-5-19-47(46)49-21-7-11-27-54(49)61/h1-39,46-47H. The molecular weight excluding hydrogens is 763 g/mol. The summed E-state index contributed by atoms with van der Waals surface area (Å²) >= 11 is 0. The van der Waals surface area contributed by atoms with Gasteiger partial charge in [0.25, 0.3) is 0 Å².